The third-order valence-electron chi connectivity index (χ3n) is 4.36. The maximum Gasteiger partial charge on any atom is 0.260 e. The van der Waals surface area contributed by atoms with Gasteiger partial charge in [0.15, 0.2) is 5.60 Å². The van der Waals surface area contributed by atoms with Gasteiger partial charge in [0, 0.05) is 25.2 Å². The molecule has 2 N–H and O–H groups in total. The number of benzene rings is 2. The Morgan fingerprint density at radius 2 is 1.96 bits per heavy atom. The van der Waals surface area contributed by atoms with E-state index < -0.39 is 5.60 Å². The lowest BCUT2D eigenvalue weighted by molar-refractivity contribution is -0.132. The van der Waals surface area contributed by atoms with Gasteiger partial charge in [-0.3, -0.25) is 4.79 Å². The van der Waals surface area contributed by atoms with Crippen molar-refractivity contribution in [3.63, 3.8) is 0 Å². The van der Waals surface area contributed by atoms with Gasteiger partial charge in [-0.2, -0.15) is 0 Å². The van der Waals surface area contributed by atoms with Gasteiger partial charge in [-0.25, -0.2) is 4.39 Å². The van der Waals surface area contributed by atoms with Crippen molar-refractivity contribution in [1.82, 2.24) is 5.32 Å². The maximum atomic E-state index is 13.1. The molecular formula is C19H21FN2O2. The maximum absolute atomic E-state index is 13.1. The standard InChI is InChI=1S/C19H21FN2O2/c20-16-6-4-5-15(13-16)9-11-21-14-19(24)10-12-22(18(19)23)17-7-2-1-3-8-17/h1-8,13,21,24H,9-12,14H2/t19-/m0/s1. The topological polar surface area (TPSA) is 52.6 Å². The molecule has 0 aromatic heterocycles. The summed E-state index contributed by atoms with van der Waals surface area (Å²) in [6, 6.07) is 15.8. The van der Waals surface area contributed by atoms with Crippen LogP contribution in [0.15, 0.2) is 54.6 Å². The van der Waals surface area contributed by atoms with Gasteiger partial charge < -0.3 is 15.3 Å². The number of para-hydroxylation sites is 1. The Hall–Kier alpha value is -2.24. The highest BCUT2D eigenvalue weighted by atomic mass is 19.1. The summed E-state index contributed by atoms with van der Waals surface area (Å²) in [4.78, 5) is 14.1. The Bertz CT molecular complexity index is 708. The molecule has 0 spiro atoms. The molecule has 126 valence electrons. The molecule has 2 aromatic rings. The monoisotopic (exact) mass is 328 g/mol. The second-order valence-corrected chi connectivity index (χ2v) is 6.13. The first-order chi connectivity index (χ1) is 11.6. The summed E-state index contributed by atoms with van der Waals surface area (Å²) in [7, 11) is 0. The van der Waals surface area contributed by atoms with Crippen molar-refractivity contribution in [2.75, 3.05) is 24.5 Å². The zero-order chi connectivity index (χ0) is 17.0. The van der Waals surface area contributed by atoms with Crippen molar-refractivity contribution >= 4 is 11.6 Å². The molecule has 1 aliphatic rings. The van der Waals surface area contributed by atoms with Gasteiger partial charge in [-0.05, 0) is 42.8 Å². The first-order valence-electron chi connectivity index (χ1n) is 8.13. The number of anilines is 1. The Morgan fingerprint density at radius 3 is 2.71 bits per heavy atom. The first-order valence-corrected chi connectivity index (χ1v) is 8.13. The van der Waals surface area contributed by atoms with Gasteiger partial charge in [0.05, 0.1) is 0 Å². The van der Waals surface area contributed by atoms with Crippen LogP contribution in [0.3, 0.4) is 0 Å². The number of amides is 1. The predicted octanol–water partition coefficient (Wildman–Crippen LogP) is 2.13. The molecule has 1 amide bonds. The molecule has 1 saturated heterocycles. The summed E-state index contributed by atoms with van der Waals surface area (Å²) in [6.45, 7) is 1.28. The fourth-order valence-electron chi connectivity index (χ4n) is 3.00. The van der Waals surface area contributed by atoms with Crippen LogP contribution in [-0.2, 0) is 11.2 Å². The second kappa shape index (κ2) is 7.11. The van der Waals surface area contributed by atoms with E-state index in [9.17, 15) is 14.3 Å². The van der Waals surface area contributed by atoms with Gasteiger partial charge in [-0.15, -0.1) is 0 Å². The number of carbonyl (C=O) groups excluding carboxylic acids is 1. The van der Waals surface area contributed by atoms with Crippen LogP contribution in [0.25, 0.3) is 0 Å². The Labute approximate surface area is 140 Å². The molecule has 0 bridgehead atoms. The molecular weight excluding hydrogens is 307 g/mol. The smallest absolute Gasteiger partial charge is 0.260 e. The van der Waals surface area contributed by atoms with Gasteiger partial charge in [0.25, 0.3) is 5.91 Å². The summed E-state index contributed by atoms with van der Waals surface area (Å²) in [5.41, 5.74) is 0.314. The van der Waals surface area contributed by atoms with Crippen LogP contribution in [-0.4, -0.2) is 36.2 Å². The number of nitrogens with one attached hydrogen (secondary N) is 1. The fraction of sp³-hybridized carbons (Fsp3) is 0.316. The average Bonchev–Trinajstić information content (AvgIpc) is 2.88. The van der Waals surface area contributed by atoms with Crippen LogP contribution in [0, 0.1) is 5.82 Å². The number of hydrogen-bond acceptors (Lipinski definition) is 3. The van der Waals surface area contributed by atoms with E-state index in [0.29, 0.717) is 25.9 Å². The van der Waals surface area contributed by atoms with E-state index in [0.717, 1.165) is 11.3 Å². The Kier molecular flexibility index (Phi) is 4.92. The zero-order valence-corrected chi connectivity index (χ0v) is 13.4. The van der Waals surface area contributed by atoms with E-state index >= 15 is 0 Å². The molecule has 1 heterocycles. The SMILES string of the molecule is O=C1N(c2ccccc2)CC[C@]1(O)CNCCc1cccc(F)c1. The quantitative estimate of drug-likeness (QED) is 0.799. The minimum atomic E-state index is -1.38. The summed E-state index contributed by atoms with van der Waals surface area (Å²) in [5, 5.41) is 13.7. The van der Waals surface area contributed by atoms with Crippen LogP contribution in [0.5, 0.6) is 0 Å². The summed E-state index contributed by atoms with van der Waals surface area (Å²) in [6.07, 6.45) is 1.04. The minimum Gasteiger partial charge on any atom is -0.379 e. The third kappa shape index (κ3) is 3.63. The number of halogens is 1. The van der Waals surface area contributed by atoms with E-state index in [1.165, 1.54) is 12.1 Å². The van der Waals surface area contributed by atoms with Crippen LogP contribution in [0.1, 0.15) is 12.0 Å². The summed E-state index contributed by atoms with van der Waals surface area (Å²) in [5.74, 6) is -0.525. The van der Waals surface area contributed by atoms with Crippen molar-refractivity contribution in [1.29, 1.82) is 0 Å². The lowest BCUT2D eigenvalue weighted by Gasteiger charge is -2.23. The van der Waals surface area contributed by atoms with E-state index in [1.807, 2.05) is 36.4 Å². The highest BCUT2D eigenvalue weighted by molar-refractivity contribution is 6.01. The van der Waals surface area contributed by atoms with Gasteiger partial charge >= 0.3 is 0 Å². The lowest BCUT2D eigenvalue weighted by atomic mass is 10.0. The zero-order valence-electron chi connectivity index (χ0n) is 13.4. The molecule has 0 saturated carbocycles. The number of rotatable bonds is 6. The van der Waals surface area contributed by atoms with Crippen molar-refractivity contribution in [2.24, 2.45) is 0 Å². The average molecular weight is 328 g/mol. The molecule has 0 radical (unpaired) electrons. The van der Waals surface area contributed by atoms with Crippen molar-refractivity contribution < 1.29 is 14.3 Å². The summed E-state index contributed by atoms with van der Waals surface area (Å²) < 4.78 is 13.1. The molecule has 3 rings (SSSR count). The number of carbonyl (C=O) groups is 1. The van der Waals surface area contributed by atoms with E-state index in [1.54, 1.807) is 11.0 Å². The highest BCUT2D eigenvalue weighted by Gasteiger charge is 2.45. The Balaban J connectivity index is 1.52. The van der Waals surface area contributed by atoms with E-state index in [4.69, 9.17) is 0 Å². The molecule has 24 heavy (non-hydrogen) atoms. The lowest BCUT2D eigenvalue weighted by Crippen LogP contribution is -2.48. The second-order valence-electron chi connectivity index (χ2n) is 6.13. The third-order valence-corrected chi connectivity index (χ3v) is 4.36. The molecule has 4 nitrogen and oxygen atoms in total. The minimum absolute atomic E-state index is 0.199. The van der Waals surface area contributed by atoms with Crippen molar-refractivity contribution in [3.8, 4) is 0 Å². The van der Waals surface area contributed by atoms with E-state index in [-0.39, 0.29) is 18.3 Å². The molecule has 5 heteroatoms. The normalized spacial score (nSPS) is 20.6. The molecule has 1 fully saturated rings. The van der Waals surface area contributed by atoms with Crippen molar-refractivity contribution in [2.45, 2.75) is 18.4 Å². The predicted molar refractivity (Wildman–Crippen MR) is 91.3 cm³/mol. The number of aliphatic hydroxyl groups is 1. The molecule has 0 unspecified atom stereocenters. The molecule has 1 atom stereocenters. The molecule has 1 aliphatic heterocycles. The molecule has 2 aromatic carbocycles. The van der Waals surface area contributed by atoms with Crippen LogP contribution in [0.2, 0.25) is 0 Å². The number of nitrogens with zero attached hydrogens (tertiary/aromatic N) is 1. The van der Waals surface area contributed by atoms with Gasteiger partial charge in [0.2, 0.25) is 0 Å². The fourth-order valence-corrected chi connectivity index (χ4v) is 3.00. The highest BCUT2D eigenvalue weighted by Crippen LogP contribution is 2.27. The Morgan fingerprint density at radius 1 is 1.17 bits per heavy atom. The van der Waals surface area contributed by atoms with Crippen molar-refractivity contribution in [3.05, 3.63) is 66.0 Å². The molecule has 0 aliphatic carbocycles. The van der Waals surface area contributed by atoms with E-state index in [2.05, 4.69) is 5.32 Å². The largest absolute Gasteiger partial charge is 0.379 e. The first kappa shape index (κ1) is 16.6. The summed E-state index contributed by atoms with van der Waals surface area (Å²) >= 11 is 0. The number of hydrogen-bond donors (Lipinski definition) is 2. The van der Waals surface area contributed by atoms with Gasteiger partial charge in [-0.1, -0.05) is 30.3 Å². The van der Waals surface area contributed by atoms with Crippen LogP contribution < -0.4 is 10.2 Å². The van der Waals surface area contributed by atoms with Crippen LogP contribution >= 0.6 is 0 Å². The van der Waals surface area contributed by atoms with Crippen LogP contribution in [0.4, 0.5) is 10.1 Å². The van der Waals surface area contributed by atoms with Gasteiger partial charge in [0.1, 0.15) is 5.82 Å².